The molecule has 0 amide bonds. The van der Waals surface area contributed by atoms with E-state index in [1.54, 1.807) is 42.5 Å². The highest BCUT2D eigenvalue weighted by atomic mass is 127. The van der Waals surface area contributed by atoms with Gasteiger partial charge in [-0.2, -0.15) is 0 Å². The summed E-state index contributed by atoms with van der Waals surface area (Å²) in [7, 11) is -2.45. The van der Waals surface area contributed by atoms with Gasteiger partial charge in [-0.3, -0.25) is 0 Å². The summed E-state index contributed by atoms with van der Waals surface area (Å²) in [6.07, 6.45) is 1.52. The summed E-state index contributed by atoms with van der Waals surface area (Å²) in [6.45, 7) is 1.90. The van der Waals surface area contributed by atoms with Crippen molar-refractivity contribution in [2.75, 3.05) is 7.11 Å². The van der Waals surface area contributed by atoms with E-state index >= 15 is 0 Å². The Hall–Kier alpha value is -1.87. The summed E-state index contributed by atoms with van der Waals surface area (Å²) >= 11 is 2.03. The molecule has 3 rings (SSSR count). The molecule has 0 fully saturated rings. The SMILES string of the molecule is COC(=O)c1cccc2c1c(I)cn2S(=O)(=O)c1ccc(C)cc1. The third kappa shape index (κ3) is 2.71. The maximum Gasteiger partial charge on any atom is 0.338 e. The van der Waals surface area contributed by atoms with Crippen molar-refractivity contribution < 1.29 is 17.9 Å². The van der Waals surface area contributed by atoms with Crippen molar-refractivity contribution in [3.05, 3.63) is 63.4 Å². The molecular formula is C17H14INO4S. The number of carbonyl (C=O) groups is 1. The summed E-state index contributed by atoms with van der Waals surface area (Å²) in [4.78, 5) is 12.2. The van der Waals surface area contributed by atoms with Crippen molar-refractivity contribution in [1.82, 2.24) is 3.97 Å². The first kappa shape index (κ1) is 17.0. The number of aryl methyl sites for hydroxylation is 1. The van der Waals surface area contributed by atoms with Crippen LogP contribution in [0.15, 0.2) is 53.6 Å². The van der Waals surface area contributed by atoms with E-state index in [0.717, 1.165) is 5.56 Å². The maximum atomic E-state index is 13.0. The molecule has 0 radical (unpaired) electrons. The molecule has 0 saturated carbocycles. The number of ether oxygens (including phenoxy) is 1. The number of hydrogen-bond donors (Lipinski definition) is 0. The Morgan fingerprint density at radius 3 is 2.42 bits per heavy atom. The second-order valence-corrected chi connectivity index (χ2v) is 8.26. The van der Waals surface area contributed by atoms with E-state index in [9.17, 15) is 13.2 Å². The van der Waals surface area contributed by atoms with Crippen molar-refractivity contribution in [2.24, 2.45) is 0 Å². The van der Waals surface area contributed by atoms with E-state index in [1.807, 2.05) is 29.5 Å². The van der Waals surface area contributed by atoms with Crippen LogP contribution in [0, 0.1) is 10.5 Å². The van der Waals surface area contributed by atoms with Crippen molar-refractivity contribution >= 4 is 49.5 Å². The lowest BCUT2D eigenvalue weighted by Gasteiger charge is -2.08. The van der Waals surface area contributed by atoms with E-state index in [1.165, 1.54) is 17.3 Å². The summed E-state index contributed by atoms with van der Waals surface area (Å²) in [6, 6.07) is 11.6. The van der Waals surface area contributed by atoms with Gasteiger partial charge < -0.3 is 4.74 Å². The predicted octanol–water partition coefficient (Wildman–Crippen LogP) is 3.58. The molecule has 7 heteroatoms. The molecule has 3 aromatic rings. The van der Waals surface area contributed by atoms with Gasteiger partial charge in [0.15, 0.2) is 0 Å². The van der Waals surface area contributed by atoms with Gasteiger partial charge in [-0.05, 0) is 53.8 Å². The van der Waals surface area contributed by atoms with Crippen LogP contribution in [0.1, 0.15) is 15.9 Å². The van der Waals surface area contributed by atoms with Gasteiger partial charge >= 0.3 is 5.97 Å². The number of hydrogen-bond acceptors (Lipinski definition) is 4. The number of rotatable bonds is 3. The van der Waals surface area contributed by atoms with Crippen LogP contribution < -0.4 is 0 Å². The van der Waals surface area contributed by atoms with Gasteiger partial charge in [0.1, 0.15) is 0 Å². The van der Waals surface area contributed by atoms with Gasteiger partial charge in [-0.1, -0.05) is 23.8 Å². The number of nitrogens with zero attached hydrogens (tertiary/aromatic N) is 1. The zero-order valence-electron chi connectivity index (χ0n) is 13.0. The Bertz CT molecular complexity index is 1040. The Kier molecular flexibility index (Phi) is 4.39. The second-order valence-electron chi connectivity index (χ2n) is 5.28. The Morgan fingerprint density at radius 1 is 1.12 bits per heavy atom. The van der Waals surface area contributed by atoms with Crippen molar-refractivity contribution in [3.8, 4) is 0 Å². The number of methoxy groups -OCH3 is 1. The number of fused-ring (bicyclic) bond motifs is 1. The fraction of sp³-hybridized carbons (Fsp3) is 0.118. The third-order valence-electron chi connectivity index (χ3n) is 3.73. The first-order valence-corrected chi connectivity index (χ1v) is 9.58. The number of halogens is 1. The Morgan fingerprint density at radius 2 is 1.79 bits per heavy atom. The molecule has 124 valence electrons. The average molecular weight is 455 g/mol. The molecule has 0 unspecified atom stereocenters. The zero-order chi connectivity index (χ0) is 17.5. The fourth-order valence-electron chi connectivity index (χ4n) is 2.51. The molecule has 5 nitrogen and oxygen atoms in total. The van der Waals surface area contributed by atoms with Crippen LogP contribution in [0.3, 0.4) is 0 Å². The van der Waals surface area contributed by atoms with Crippen LogP contribution in [-0.4, -0.2) is 25.5 Å². The first-order chi connectivity index (χ1) is 11.4. The molecule has 24 heavy (non-hydrogen) atoms. The molecule has 2 aromatic carbocycles. The highest BCUT2D eigenvalue weighted by Crippen LogP contribution is 2.30. The van der Waals surface area contributed by atoms with Crippen LogP contribution >= 0.6 is 22.6 Å². The molecule has 0 saturated heterocycles. The monoisotopic (exact) mass is 455 g/mol. The maximum absolute atomic E-state index is 13.0. The van der Waals surface area contributed by atoms with E-state index in [2.05, 4.69) is 0 Å². The number of benzene rings is 2. The zero-order valence-corrected chi connectivity index (χ0v) is 16.0. The van der Waals surface area contributed by atoms with Crippen LogP contribution in [0.5, 0.6) is 0 Å². The number of carbonyl (C=O) groups excluding carboxylic acids is 1. The highest BCUT2D eigenvalue weighted by Gasteiger charge is 2.23. The van der Waals surface area contributed by atoms with Crippen molar-refractivity contribution in [1.29, 1.82) is 0 Å². The van der Waals surface area contributed by atoms with Crippen molar-refractivity contribution in [2.45, 2.75) is 11.8 Å². The lowest BCUT2D eigenvalue weighted by molar-refractivity contribution is 0.0603. The van der Waals surface area contributed by atoms with Gasteiger partial charge in [0.2, 0.25) is 0 Å². The van der Waals surface area contributed by atoms with Gasteiger partial charge in [-0.15, -0.1) is 0 Å². The van der Waals surface area contributed by atoms with E-state index < -0.39 is 16.0 Å². The topological polar surface area (TPSA) is 65.4 Å². The molecule has 0 bridgehead atoms. The normalized spacial score (nSPS) is 11.6. The minimum absolute atomic E-state index is 0.199. The largest absolute Gasteiger partial charge is 0.465 e. The van der Waals surface area contributed by atoms with E-state index in [4.69, 9.17) is 4.74 Å². The molecule has 1 heterocycles. The summed E-state index contributed by atoms with van der Waals surface area (Å²) in [5, 5.41) is 0.570. The van der Waals surface area contributed by atoms with Gasteiger partial charge in [-0.25, -0.2) is 17.2 Å². The fourth-order valence-corrected chi connectivity index (χ4v) is 4.91. The van der Waals surface area contributed by atoms with Crippen molar-refractivity contribution in [3.63, 3.8) is 0 Å². The predicted molar refractivity (Wildman–Crippen MR) is 99.8 cm³/mol. The third-order valence-corrected chi connectivity index (χ3v) is 6.24. The number of aromatic nitrogens is 1. The highest BCUT2D eigenvalue weighted by molar-refractivity contribution is 14.1. The molecule has 1 aromatic heterocycles. The average Bonchev–Trinajstić information content (AvgIpc) is 2.92. The number of esters is 1. The lowest BCUT2D eigenvalue weighted by Crippen LogP contribution is -2.12. The van der Waals surface area contributed by atoms with Crippen LogP contribution in [-0.2, 0) is 14.8 Å². The lowest BCUT2D eigenvalue weighted by atomic mass is 10.1. The smallest absolute Gasteiger partial charge is 0.338 e. The molecule has 0 aliphatic rings. The van der Waals surface area contributed by atoms with Gasteiger partial charge in [0, 0.05) is 15.2 Å². The van der Waals surface area contributed by atoms with Gasteiger partial charge in [0.05, 0.1) is 23.1 Å². The summed E-state index contributed by atoms with van der Waals surface area (Å²) in [5.74, 6) is -0.496. The molecule has 0 aliphatic heterocycles. The van der Waals surface area contributed by atoms with Gasteiger partial charge in [0.25, 0.3) is 10.0 Å². The van der Waals surface area contributed by atoms with Crippen LogP contribution in [0.2, 0.25) is 0 Å². The quantitative estimate of drug-likeness (QED) is 0.448. The summed E-state index contributed by atoms with van der Waals surface area (Å²) in [5.41, 5.74) is 1.77. The second kappa shape index (κ2) is 6.21. The molecule has 0 spiro atoms. The molecule has 0 aliphatic carbocycles. The first-order valence-electron chi connectivity index (χ1n) is 7.06. The van der Waals surface area contributed by atoms with E-state index in [-0.39, 0.29) is 4.90 Å². The minimum atomic E-state index is -3.75. The summed E-state index contributed by atoms with van der Waals surface area (Å²) < 4.78 is 32.6. The molecule has 0 N–H and O–H groups in total. The Balaban J connectivity index is 2.28. The van der Waals surface area contributed by atoms with E-state index in [0.29, 0.717) is 20.0 Å². The minimum Gasteiger partial charge on any atom is -0.465 e. The standard InChI is InChI=1S/C17H14INO4S/c1-11-6-8-12(9-7-11)24(21,22)19-10-14(18)16-13(17(20)23-2)4-3-5-15(16)19/h3-10H,1-2H3. The molecular weight excluding hydrogens is 441 g/mol. The Labute approximate surface area is 153 Å². The molecule has 0 atom stereocenters. The van der Waals surface area contributed by atoms with Crippen LogP contribution in [0.4, 0.5) is 0 Å². The van der Waals surface area contributed by atoms with Crippen LogP contribution in [0.25, 0.3) is 10.9 Å².